The number of ketones is 1. The molecule has 1 aromatic carbocycles. The molecule has 8 nitrogen and oxygen atoms in total. The molecule has 0 saturated heterocycles. The van der Waals surface area contributed by atoms with Gasteiger partial charge in [-0.3, -0.25) is 30.2 Å². The van der Waals surface area contributed by atoms with Crippen molar-refractivity contribution in [2.24, 2.45) is 0 Å². The van der Waals surface area contributed by atoms with Gasteiger partial charge in [0.25, 0.3) is 5.91 Å². The maximum atomic E-state index is 11.8. The van der Waals surface area contributed by atoms with Crippen LogP contribution in [0.5, 0.6) is 11.5 Å². The number of hydrazine groups is 1. The van der Waals surface area contributed by atoms with Gasteiger partial charge >= 0.3 is 0 Å². The van der Waals surface area contributed by atoms with Crippen molar-refractivity contribution >= 4 is 17.6 Å². The lowest BCUT2D eigenvalue weighted by Crippen LogP contribution is -2.41. The Kier molecular flexibility index (Phi) is 7.30. The molecule has 0 atom stereocenters. The van der Waals surface area contributed by atoms with Crippen molar-refractivity contribution in [1.29, 1.82) is 0 Å². The molecule has 0 spiro atoms. The van der Waals surface area contributed by atoms with E-state index in [1.807, 2.05) is 0 Å². The largest absolute Gasteiger partial charge is 0.493 e. The number of aromatic nitrogens is 1. The summed E-state index contributed by atoms with van der Waals surface area (Å²) in [4.78, 5) is 38.8. The number of amides is 2. The number of nitrogens with one attached hydrogen (secondary N) is 2. The minimum Gasteiger partial charge on any atom is -0.493 e. The molecule has 8 heteroatoms. The topological polar surface area (TPSA) is 107 Å². The summed E-state index contributed by atoms with van der Waals surface area (Å²) in [7, 11) is 1.49. The van der Waals surface area contributed by atoms with E-state index in [1.54, 1.807) is 36.4 Å². The molecule has 0 aliphatic heterocycles. The normalized spacial score (nSPS) is 10.0. The first-order chi connectivity index (χ1) is 13.0. The molecule has 0 unspecified atom stereocenters. The molecule has 0 bridgehead atoms. The fraction of sp³-hybridized carbons (Fsp3) is 0.263. The zero-order valence-electron chi connectivity index (χ0n) is 15.2. The van der Waals surface area contributed by atoms with Crippen molar-refractivity contribution in [1.82, 2.24) is 15.8 Å². The first kappa shape index (κ1) is 19.9. The van der Waals surface area contributed by atoms with E-state index < -0.39 is 5.91 Å². The number of ether oxygens (including phenoxy) is 2. The highest BCUT2D eigenvalue weighted by molar-refractivity contribution is 5.94. The molecule has 2 N–H and O–H groups in total. The van der Waals surface area contributed by atoms with Gasteiger partial charge in [-0.1, -0.05) is 6.07 Å². The number of methoxy groups -OCH3 is 1. The third-order valence-electron chi connectivity index (χ3n) is 3.59. The van der Waals surface area contributed by atoms with Crippen molar-refractivity contribution < 1.29 is 23.9 Å². The summed E-state index contributed by atoms with van der Waals surface area (Å²) >= 11 is 0. The van der Waals surface area contributed by atoms with Crippen LogP contribution in [0.2, 0.25) is 0 Å². The predicted octanol–water partition coefficient (Wildman–Crippen LogP) is 1.91. The molecule has 142 valence electrons. The SMILES string of the molecule is COc1cc(C(C)=O)ccc1OCCCC(=O)NNC(=O)c1ccccn1. The summed E-state index contributed by atoms with van der Waals surface area (Å²) < 4.78 is 10.8. The average molecular weight is 371 g/mol. The van der Waals surface area contributed by atoms with Gasteiger partial charge in [0.2, 0.25) is 5.91 Å². The quantitative estimate of drug-likeness (QED) is 0.417. The van der Waals surface area contributed by atoms with Gasteiger partial charge in [-0.25, -0.2) is 0 Å². The number of benzene rings is 1. The van der Waals surface area contributed by atoms with Crippen LogP contribution >= 0.6 is 0 Å². The van der Waals surface area contributed by atoms with E-state index in [9.17, 15) is 14.4 Å². The monoisotopic (exact) mass is 371 g/mol. The number of carbonyl (C=O) groups excluding carboxylic acids is 3. The molecule has 1 aromatic heterocycles. The first-order valence-corrected chi connectivity index (χ1v) is 8.33. The van der Waals surface area contributed by atoms with Crippen LogP contribution in [0.25, 0.3) is 0 Å². The van der Waals surface area contributed by atoms with E-state index >= 15 is 0 Å². The summed E-state index contributed by atoms with van der Waals surface area (Å²) in [5.41, 5.74) is 5.36. The van der Waals surface area contributed by atoms with E-state index in [2.05, 4.69) is 15.8 Å². The Balaban J connectivity index is 1.72. The van der Waals surface area contributed by atoms with Crippen LogP contribution in [0.15, 0.2) is 42.6 Å². The van der Waals surface area contributed by atoms with Crippen molar-refractivity contribution in [3.05, 3.63) is 53.9 Å². The second-order valence-electron chi connectivity index (χ2n) is 5.59. The molecule has 2 amide bonds. The molecule has 1 heterocycles. The van der Waals surface area contributed by atoms with Gasteiger partial charge in [-0.2, -0.15) is 0 Å². The minimum atomic E-state index is -0.490. The Labute approximate surface area is 156 Å². The molecular formula is C19H21N3O5. The van der Waals surface area contributed by atoms with E-state index in [1.165, 1.54) is 20.2 Å². The maximum absolute atomic E-state index is 11.8. The van der Waals surface area contributed by atoms with Crippen molar-refractivity contribution in [2.75, 3.05) is 13.7 Å². The molecule has 0 radical (unpaired) electrons. The zero-order chi connectivity index (χ0) is 19.6. The Morgan fingerprint density at radius 2 is 1.89 bits per heavy atom. The summed E-state index contributed by atoms with van der Waals surface area (Å²) in [6, 6.07) is 9.83. The maximum Gasteiger partial charge on any atom is 0.288 e. The highest BCUT2D eigenvalue weighted by Gasteiger charge is 2.10. The number of nitrogens with zero attached hydrogens (tertiary/aromatic N) is 1. The van der Waals surface area contributed by atoms with Gasteiger partial charge in [0, 0.05) is 18.2 Å². The summed E-state index contributed by atoms with van der Waals surface area (Å²) in [5.74, 6) is 0.0441. The lowest BCUT2D eigenvalue weighted by atomic mass is 10.1. The number of Topliss-reactive ketones (excluding diaryl/α,β-unsaturated/α-hetero) is 1. The van der Waals surface area contributed by atoms with Gasteiger partial charge in [-0.05, 0) is 43.7 Å². The summed E-state index contributed by atoms with van der Waals surface area (Å²) in [6.45, 7) is 1.75. The standard InChI is InChI=1S/C19H21N3O5/c1-13(23)14-8-9-16(17(12-14)26-2)27-11-5-7-18(24)21-22-19(25)15-6-3-4-10-20-15/h3-4,6,8-10,12H,5,7,11H2,1-2H3,(H,21,24)(H,22,25). The fourth-order valence-electron chi connectivity index (χ4n) is 2.17. The van der Waals surface area contributed by atoms with Gasteiger partial charge in [0.05, 0.1) is 13.7 Å². The van der Waals surface area contributed by atoms with Gasteiger partial charge < -0.3 is 9.47 Å². The van der Waals surface area contributed by atoms with Crippen LogP contribution in [0.4, 0.5) is 0 Å². The van der Waals surface area contributed by atoms with Crippen molar-refractivity contribution in [2.45, 2.75) is 19.8 Å². The predicted molar refractivity (Wildman–Crippen MR) is 97.6 cm³/mol. The van der Waals surface area contributed by atoms with E-state index in [-0.39, 0.29) is 30.4 Å². The molecule has 2 rings (SSSR count). The number of carbonyl (C=O) groups is 3. The molecule has 0 saturated carbocycles. The first-order valence-electron chi connectivity index (χ1n) is 8.33. The van der Waals surface area contributed by atoms with Crippen LogP contribution in [-0.4, -0.2) is 36.3 Å². The van der Waals surface area contributed by atoms with Gasteiger partial charge in [-0.15, -0.1) is 0 Å². The second-order valence-corrected chi connectivity index (χ2v) is 5.59. The average Bonchev–Trinajstić information content (AvgIpc) is 2.69. The van der Waals surface area contributed by atoms with Crippen molar-refractivity contribution in [3.63, 3.8) is 0 Å². The zero-order valence-corrected chi connectivity index (χ0v) is 15.2. The van der Waals surface area contributed by atoms with Crippen LogP contribution in [0.1, 0.15) is 40.6 Å². The lowest BCUT2D eigenvalue weighted by Gasteiger charge is -2.11. The van der Waals surface area contributed by atoms with Crippen molar-refractivity contribution in [3.8, 4) is 11.5 Å². The molecule has 0 aliphatic rings. The van der Waals surface area contributed by atoms with Crippen LogP contribution in [0, 0.1) is 0 Å². The molecule has 0 aliphatic carbocycles. The van der Waals surface area contributed by atoms with Gasteiger partial charge in [0.1, 0.15) is 5.69 Å². The van der Waals surface area contributed by atoms with E-state index in [4.69, 9.17) is 9.47 Å². The molecule has 2 aromatic rings. The van der Waals surface area contributed by atoms with Crippen LogP contribution in [-0.2, 0) is 4.79 Å². The number of hydrogen-bond donors (Lipinski definition) is 2. The summed E-state index contributed by atoms with van der Waals surface area (Å²) in [6.07, 6.45) is 2.09. The third-order valence-corrected chi connectivity index (χ3v) is 3.59. The fourth-order valence-corrected chi connectivity index (χ4v) is 2.17. The lowest BCUT2D eigenvalue weighted by molar-refractivity contribution is -0.122. The van der Waals surface area contributed by atoms with Gasteiger partial charge in [0.15, 0.2) is 17.3 Å². The second kappa shape index (κ2) is 9.91. The highest BCUT2D eigenvalue weighted by atomic mass is 16.5. The Bertz CT molecular complexity index is 808. The highest BCUT2D eigenvalue weighted by Crippen LogP contribution is 2.28. The van der Waals surface area contributed by atoms with E-state index in [0.717, 1.165) is 0 Å². The smallest absolute Gasteiger partial charge is 0.288 e. The molecular weight excluding hydrogens is 350 g/mol. The number of pyridine rings is 1. The Hall–Kier alpha value is -3.42. The Morgan fingerprint density at radius 3 is 2.56 bits per heavy atom. The number of rotatable bonds is 8. The van der Waals surface area contributed by atoms with E-state index in [0.29, 0.717) is 23.5 Å². The minimum absolute atomic E-state index is 0.0655. The molecule has 0 fully saturated rings. The van der Waals surface area contributed by atoms with Crippen LogP contribution < -0.4 is 20.3 Å². The van der Waals surface area contributed by atoms with Crippen LogP contribution in [0.3, 0.4) is 0 Å². The Morgan fingerprint density at radius 1 is 1.07 bits per heavy atom. The molecule has 27 heavy (non-hydrogen) atoms. The number of hydrogen-bond acceptors (Lipinski definition) is 6. The summed E-state index contributed by atoms with van der Waals surface area (Å²) in [5, 5.41) is 0. The third kappa shape index (κ3) is 6.10.